The van der Waals surface area contributed by atoms with Gasteiger partial charge in [0.1, 0.15) is 5.75 Å². The summed E-state index contributed by atoms with van der Waals surface area (Å²) in [5.41, 5.74) is 3.18. The quantitative estimate of drug-likeness (QED) is 0.619. The molecule has 1 aliphatic heterocycles. The lowest BCUT2D eigenvalue weighted by Crippen LogP contribution is -2.50. The zero-order valence-electron chi connectivity index (χ0n) is 17.7. The highest BCUT2D eigenvalue weighted by Gasteiger charge is 2.22. The van der Waals surface area contributed by atoms with Crippen LogP contribution < -0.4 is 10.2 Å². The molecular weight excluding hydrogens is 386 g/mol. The molecule has 0 saturated carbocycles. The van der Waals surface area contributed by atoms with Crippen LogP contribution in [0.15, 0.2) is 84.9 Å². The van der Waals surface area contributed by atoms with Crippen LogP contribution in [-0.2, 0) is 11.2 Å². The Morgan fingerprint density at radius 3 is 2.13 bits per heavy atom. The number of amides is 1. The molecule has 0 bridgehead atoms. The van der Waals surface area contributed by atoms with Gasteiger partial charge in [-0.05, 0) is 29.7 Å². The first kappa shape index (κ1) is 20.9. The van der Waals surface area contributed by atoms with Crippen LogP contribution in [0.1, 0.15) is 17.2 Å². The Kier molecular flexibility index (Phi) is 6.85. The van der Waals surface area contributed by atoms with Gasteiger partial charge in [-0.3, -0.25) is 9.69 Å². The van der Waals surface area contributed by atoms with Crippen LogP contribution in [0.25, 0.3) is 0 Å². The maximum atomic E-state index is 12.9. The molecule has 1 saturated heterocycles. The Hall–Kier alpha value is -3.31. The molecule has 1 aliphatic rings. The normalized spacial score (nSPS) is 15.4. The van der Waals surface area contributed by atoms with E-state index in [1.165, 1.54) is 5.56 Å². The van der Waals surface area contributed by atoms with Crippen molar-refractivity contribution in [2.75, 3.05) is 37.6 Å². The molecule has 3 aromatic rings. The number of carbonyl (C=O) groups is 1. The van der Waals surface area contributed by atoms with Crippen molar-refractivity contribution in [1.82, 2.24) is 10.2 Å². The van der Waals surface area contributed by atoms with Gasteiger partial charge < -0.3 is 15.3 Å². The number of rotatable bonds is 7. The molecule has 0 radical (unpaired) electrons. The third kappa shape index (κ3) is 5.64. The van der Waals surface area contributed by atoms with E-state index in [1.54, 1.807) is 6.07 Å². The Bertz CT molecular complexity index is 970. The van der Waals surface area contributed by atoms with Crippen LogP contribution >= 0.6 is 0 Å². The highest BCUT2D eigenvalue weighted by molar-refractivity contribution is 5.78. The topological polar surface area (TPSA) is 55.8 Å². The number of phenolic OH excluding ortho intramolecular Hbond substituents is 1. The van der Waals surface area contributed by atoms with E-state index in [0.717, 1.165) is 43.9 Å². The number of aromatic hydroxyl groups is 1. The predicted octanol–water partition coefficient (Wildman–Crippen LogP) is 3.61. The second kappa shape index (κ2) is 10.1. The molecule has 160 valence electrons. The maximum absolute atomic E-state index is 12.9. The lowest BCUT2D eigenvalue weighted by Gasteiger charge is -2.36. The number of nitrogens with one attached hydrogen (secondary N) is 1. The highest BCUT2D eigenvalue weighted by Crippen LogP contribution is 2.27. The fourth-order valence-corrected chi connectivity index (χ4v) is 4.11. The molecule has 5 nitrogen and oxygen atoms in total. The molecule has 0 aromatic heterocycles. The largest absolute Gasteiger partial charge is 0.506 e. The lowest BCUT2D eigenvalue weighted by atomic mass is 9.99. The van der Waals surface area contributed by atoms with Gasteiger partial charge in [-0.25, -0.2) is 0 Å². The number of anilines is 1. The lowest BCUT2D eigenvalue weighted by molar-refractivity contribution is -0.123. The van der Waals surface area contributed by atoms with Crippen molar-refractivity contribution in [3.8, 4) is 5.75 Å². The van der Waals surface area contributed by atoms with E-state index in [9.17, 15) is 9.90 Å². The summed E-state index contributed by atoms with van der Waals surface area (Å²) in [6, 6.07) is 27.8. The third-order valence-corrected chi connectivity index (χ3v) is 5.78. The molecule has 4 rings (SSSR count). The summed E-state index contributed by atoms with van der Waals surface area (Å²) in [6.07, 6.45) is 0.762. The SMILES string of the molecule is O=C(CN1CCN(c2ccccc2O)CC1)N[C@@H](Cc1ccccc1)c1ccccc1. The van der Waals surface area contributed by atoms with Gasteiger partial charge in [0, 0.05) is 26.2 Å². The monoisotopic (exact) mass is 415 g/mol. The predicted molar refractivity (Wildman–Crippen MR) is 124 cm³/mol. The van der Waals surface area contributed by atoms with E-state index >= 15 is 0 Å². The maximum Gasteiger partial charge on any atom is 0.234 e. The summed E-state index contributed by atoms with van der Waals surface area (Å²) in [4.78, 5) is 17.2. The fourth-order valence-electron chi connectivity index (χ4n) is 4.11. The molecule has 3 aromatic carbocycles. The van der Waals surface area contributed by atoms with Gasteiger partial charge in [-0.15, -0.1) is 0 Å². The number of hydrogen-bond acceptors (Lipinski definition) is 4. The average molecular weight is 416 g/mol. The number of nitrogens with zero attached hydrogens (tertiary/aromatic N) is 2. The average Bonchev–Trinajstić information content (AvgIpc) is 2.81. The van der Waals surface area contributed by atoms with Gasteiger partial charge in [0.2, 0.25) is 5.91 Å². The van der Waals surface area contributed by atoms with Crippen LogP contribution in [0.3, 0.4) is 0 Å². The van der Waals surface area contributed by atoms with E-state index < -0.39 is 0 Å². The van der Waals surface area contributed by atoms with Crippen molar-refractivity contribution in [1.29, 1.82) is 0 Å². The Labute approximate surface area is 183 Å². The summed E-state index contributed by atoms with van der Waals surface area (Å²) in [7, 11) is 0. The summed E-state index contributed by atoms with van der Waals surface area (Å²) < 4.78 is 0. The van der Waals surface area contributed by atoms with Crippen molar-refractivity contribution in [3.05, 3.63) is 96.1 Å². The van der Waals surface area contributed by atoms with Crippen LogP contribution in [0.2, 0.25) is 0 Å². The number of para-hydroxylation sites is 2. The fraction of sp³-hybridized carbons (Fsp3) is 0.269. The Morgan fingerprint density at radius 2 is 1.45 bits per heavy atom. The molecule has 1 heterocycles. The van der Waals surface area contributed by atoms with Gasteiger partial charge >= 0.3 is 0 Å². The number of piperazine rings is 1. The molecule has 1 fully saturated rings. The summed E-state index contributed by atoms with van der Waals surface area (Å²) >= 11 is 0. The van der Waals surface area contributed by atoms with Crippen molar-refractivity contribution in [2.45, 2.75) is 12.5 Å². The summed E-state index contributed by atoms with van der Waals surface area (Å²) in [5, 5.41) is 13.3. The van der Waals surface area contributed by atoms with Crippen LogP contribution in [0, 0.1) is 0 Å². The zero-order chi connectivity index (χ0) is 21.5. The van der Waals surface area contributed by atoms with E-state index in [-0.39, 0.29) is 11.9 Å². The summed E-state index contributed by atoms with van der Waals surface area (Å²) in [6.45, 7) is 3.54. The standard InChI is InChI=1S/C26H29N3O2/c30-25-14-8-7-13-24(25)29-17-15-28(16-18-29)20-26(31)27-23(22-11-5-2-6-12-22)19-21-9-3-1-4-10-21/h1-14,23,30H,15-20H2,(H,27,31)/t23-/m0/s1. The second-order valence-electron chi connectivity index (χ2n) is 7.97. The van der Waals surface area contributed by atoms with Crippen LogP contribution in [0.4, 0.5) is 5.69 Å². The molecule has 31 heavy (non-hydrogen) atoms. The molecule has 1 amide bonds. The van der Waals surface area contributed by atoms with Crippen molar-refractivity contribution in [2.24, 2.45) is 0 Å². The Balaban J connectivity index is 1.34. The molecule has 1 atom stereocenters. The van der Waals surface area contributed by atoms with Crippen molar-refractivity contribution < 1.29 is 9.90 Å². The number of hydrogen-bond donors (Lipinski definition) is 2. The first-order chi connectivity index (χ1) is 15.2. The molecule has 0 spiro atoms. The van der Waals surface area contributed by atoms with Crippen molar-refractivity contribution in [3.63, 3.8) is 0 Å². The summed E-state index contributed by atoms with van der Waals surface area (Å²) in [5.74, 6) is 0.348. The van der Waals surface area contributed by atoms with E-state index in [1.807, 2.05) is 54.6 Å². The van der Waals surface area contributed by atoms with Gasteiger partial charge in [0.25, 0.3) is 0 Å². The Morgan fingerprint density at radius 1 is 0.839 bits per heavy atom. The first-order valence-corrected chi connectivity index (χ1v) is 10.8. The molecule has 2 N–H and O–H groups in total. The number of carbonyl (C=O) groups excluding carboxylic acids is 1. The van der Waals surface area contributed by atoms with Gasteiger partial charge in [0.05, 0.1) is 18.3 Å². The molecule has 5 heteroatoms. The molecule has 0 unspecified atom stereocenters. The minimum absolute atomic E-state index is 0.0424. The minimum Gasteiger partial charge on any atom is -0.506 e. The molecular formula is C26H29N3O2. The van der Waals surface area contributed by atoms with Crippen LogP contribution in [0.5, 0.6) is 5.75 Å². The number of phenols is 1. The second-order valence-corrected chi connectivity index (χ2v) is 7.97. The van der Waals surface area contributed by atoms with Crippen LogP contribution in [-0.4, -0.2) is 48.6 Å². The molecule has 0 aliphatic carbocycles. The smallest absolute Gasteiger partial charge is 0.234 e. The van der Waals surface area contributed by atoms with E-state index in [0.29, 0.717) is 12.3 Å². The van der Waals surface area contributed by atoms with E-state index in [2.05, 4.69) is 39.4 Å². The highest BCUT2D eigenvalue weighted by atomic mass is 16.3. The zero-order valence-corrected chi connectivity index (χ0v) is 17.7. The number of benzene rings is 3. The van der Waals surface area contributed by atoms with E-state index in [4.69, 9.17) is 0 Å². The van der Waals surface area contributed by atoms with Gasteiger partial charge in [0.15, 0.2) is 0 Å². The van der Waals surface area contributed by atoms with Crippen molar-refractivity contribution >= 4 is 11.6 Å². The third-order valence-electron chi connectivity index (χ3n) is 5.78. The first-order valence-electron chi connectivity index (χ1n) is 10.8. The minimum atomic E-state index is -0.0568. The van der Waals surface area contributed by atoms with Gasteiger partial charge in [-0.1, -0.05) is 72.8 Å². The van der Waals surface area contributed by atoms with Gasteiger partial charge in [-0.2, -0.15) is 0 Å².